The number of carbonyl (C=O) groups excluding carboxylic acids is 1. The van der Waals surface area contributed by atoms with E-state index in [1.54, 1.807) is 0 Å². The molecular weight excluding hydrogens is 324 g/mol. The summed E-state index contributed by atoms with van der Waals surface area (Å²) in [4.78, 5) is 12.0. The highest BCUT2D eigenvalue weighted by Gasteiger charge is 2.14. The van der Waals surface area contributed by atoms with Crippen molar-refractivity contribution in [3.05, 3.63) is 54.6 Å². The molecule has 0 unspecified atom stereocenters. The maximum absolute atomic E-state index is 12.0. The van der Waals surface area contributed by atoms with E-state index in [1.165, 1.54) is 12.8 Å². The van der Waals surface area contributed by atoms with E-state index in [0.29, 0.717) is 25.5 Å². The van der Waals surface area contributed by atoms with Gasteiger partial charge in [-0.15, -0.1) is 0 Å². The van der Waals surface area contributed by atoms with Crippen LogP contribution in [0.3, 0.4) is 0 Å². The Balaban J connectivity index is 1.40. The topological polar surface area (TPSA) is 50.4 Å². The third-order valence-electron chi connectivity index (χ3n) is 4.89. The van der Waals surface area contributed by atoms with Gasteiger partial charge in [-0.3, -0.25) is 4.79 Å². The van der Waals surface area contributed by atoms with Crippen LogP contribution in [0.2, 0.25) is 0 Å². The molecule has 0 atom stereocenters. The van der Waals surface area contributed by atoms with Crippen LogP contribution in [0.4, 0.5) is 0 Å². The van der Waals surface area contributed by atoms with Crippen LogP contribution in [0.5, 0.6) is 5.75 Å². The Morgan fingerprint density at radius 1 is 1.04 bits per heavy atom. The largest absolute Gasteiger partial charge is 0.491 e. The van der Waals surface area contributed by atoms with Crippen molar-refractivity contribution < 1.29 is 9.53 Å². The predicted octanol–water partition coefficient (Wildman–Crippen LogP) is 3.63. The molecular formula is C22H28N2O2. The summed E-state index contributed by atoms with van der Waals surface area (Å²) in [5.74, 6) is 1.67. The minimum atomic E-state index is 0.128. The molecule has 2 aromatic rings. The van der Waals surface area contributed by atoms with Crippen molar-refractivity contribution in [2.75, 3.05) is 26.2 Å². The van der Waals surface area contributed by atoms with Crippen molar-refractivity contribution in [2.24, 2.45) is 5.92 Å². The van der Waals surface area contributed by atoms with Gasteiger partial charge >= 0.3 is 0 Å². The molecule has 0 radical (unpaired) electrons. The van der Waals surface area contributed by atoms with Gasteiger partial charge in [0, 0.05) is 12.0 Å². The first-order valence-electron chi connectivity index (χ1n) is 9.57. The van der Waals surface area contributed by atoms with Gasteiger partial charge in [0.05, 0.1) is 6.54 Å². The van der Waals surface area contributed by atoms with E-state index in [2.05, 4.69) is 28.8 Å². The maximum atomic E-state index is 12.0. The molecule has 1 aliphatic rings. The Bertz CT molecular complexity index is 682. The number of benzene rings is 2. The number of piperidine rings is 1. The second-order valence-corrected chi connectivity index (χ2v) is 6.79. The molecule has 1 aliphatic heterocycles. The Kier molecular flexibility index (Phi) is 7.08. The van der Waals surface area contributed by atoms with Crippen LogP contribution in [0.15, 0.2) is 54.6 Å². The number of hydrogen-bond acceptors (Lipinski definition) is 3. The van der Waals surface area contributed by atoms with Gasteiger partial charge < -0.3 is 15.4 Å². The molecule has 4 heteroatoms. The van der Waals surface area contributed by atoms with Gasteiger partial charge in [-0.25, -0.2) is 0 Å². The highest BCUT2D eigenvalue weighted by molar-refractivity contribution is 5.75. The van der Waals surface area contributed by atoms with Crippen molar-refractivity contribution in [1.82, 2.24) is 10.6 Å². The average molecular weight is 352 g/mol. The molecule has 2 aromatic carbocycles. The molecule has 1 fully saturated rings. The van der Waals surface area contributed by atoms with Crippen molar-refractivity contribution >= 4 is 5.91 Å². The maximum Gasteiger partial charge on any atom is 0.220 e. The van der Waals surface area contributed by atoms with Crippen LogP contribution in [0, 0.1) is 5.92 Å². The van der Waals surface area contributed by atoms with Gasteiger partial charge in [0.1, 0.15) is 12.4 Å². The fourth-order valence-electron chi connectivity index (χ4n) is 3.39. The SMILES string of the molecule is O=C(CCC1CCNCC1)NCCOc1ccccc1-c1ccccc1. The fraction of sp³-hybridized carbons (Fsp3) is 0.409. The van der Waals surface area contributed by atoms with Crippen molar-refractivity contribution in [3.8, 4) is 16.9 Å². The monoisotopic (exact) mass is 352 g/mol. The molecule has 2 N–H and O–H groups in total. The summed E-state index contributed by atoms with van der Waals surface area (Å²) >= 11 is 0. The quantitative estimate of drug-likeness (QED) is 0.713. The number of hydrogen-bond donors (Lipinski definition) is 2. The van der Waals surface area contributed by atoms with E-state index in [-0.39, 0.29) is 5.91 Å². The van der Waals surface area contributed by atoms with Crippen LogP contribution in [-0.2, 0) is 4.79 Å². The standard InChI is InChI=1S/C22H28N2O2/c25-22(11-10-18-12-14-23-15-13-18)24-16-17-26-21-9-5-4-8-20(21)19-6-2-1-3-7-19/h1-9,18,23H,10-17H2,(H,24,25). The number of amides is 1. The molecule has 0 aromatic heterocycles. The third-order valence-corrected chi connectivity index (χ3v) is 4.89. The Hall–Kier alpha value is -2.33. The molecule has 1 saturated heterocycles. The summed E-state index contributed by atoms with van der Waals surface area (Å²) in [5, 5.41) is 6.33. The summed E-state index contributed by atoms with van der Waals surface area (Å²) in [6, 6.07) is 18.2. The molecule has 1 heterocycles. The zero-order chi connectivity index (χ0) is 18.0. The Morgan fingerprint density at radius 2 is 1.77 bits per heavy atom. The lowest BCUT2D eigenvalue weighted by molar-refractivity contribution is -0.121. The minimum Gasteiger partial charge on any atom is -0.491 e. The van der Waals surface area contributed by atoms with E-state index in [1.807, 2.05) is 36.4 Å². The summed E-state index contributed by atoms with van der Waals surface area (Å²) in [6.07, 6.45) is 3.98. The predicted molar refractivity (Wildman–Crippen MR) is 105 cm³/mol. The second-order valence-electron chi connectivity index (χ2n) is 6.79. The average Bonchev–Trinajstić information content (AvgIpc) is 2.71. The van der Waals surface area contributed by atoms with Crippen LogP contribution in [0.25, 0.3) is 11.1 Å². The van der Waals surface area contributed by atoms with Crippen LogP contribution in [0.1, 0.15) is 25.7 Å². The lowest BCUT2D eigenvalue weighted by Gasteiger charge is -2.22. The summed E-state index contributed by atoms with van der Waals surface area (Å²) in [6.45, 7) is 3.18. The molecule has 4 nitrogen and oxygen atoms in total. The van der Waals surface area contributed by atoms with E-state index < -0.39 is 0 Å². The van der Waals surface area contributed by atoms with Crippen LogP contribution in [-0.4, -0.2) is 32.1 Å². The van der Waals surface area contributed by atoms with E-state index >= 15 is 0 Å². The van der Waals surface area contributed by atoms with E-state index in [0.717, 1.165) is 36.4 Å². The number of carbonyl (C=O) groups is 1. The number of para-hydroxylation sites is 1. The number of rotatable bonds is 8. The van der Waals surface area contributed by atoms with Gasteiger partial charge in [-0.2, -0.15) is 0 Å². The molecule has 3 rings (SSSR count). The van der Waals surface area contributed by atoms with E-state index in [4.69, 9.17) is 4.74 Å². The second kappa shape index (κ2) is 9.97. The molecule has 0 saturated carbocycles. The van der Waals surface area contributed by atoms with Crippen molar-refractivity contribution in [3.63, 3.8) is 0 Å². The zero-order valence-electron chi connectivity index (χ0n) is 15.2. The van der Waals surface area contributed by atoms with Gasteiger partial charge in [0.15, 0.2) is 0 Å². The van der Waals surface area contributed by atoms with Gasteiger partial charge in [-0.05, 0) is 49.9 Å². The first kappa shape index (κ1) is 18.5. The highest BCUT2D eigenvalue weighted by Crippen LogP contribution is 2.29. The van der Waals surface area contributed by atoms with Crippen molar-refractivity contribution in [1.29, 1.82) is 0 Å². The third kappa shape index (κ3) is 5.60. The molecule has 138 valence electrons. The first-order chi connectivity index (χ1) is 12.8. The molecule has 0 spiro atoms. The van der Waals surface area contributed by atoms with Crippen LogP contribution >= 0.6 is 0 Å². The number of nitrogens with one attached hydrogen (secondary N) is 2. The van der Waals surface area contributed by atoms with Gasteiger partial charge in [0.25, 0.3) is 0 Å². The Morgan fingerprint density at radius 3 is 2.58 bits per heavy atom. The smallest absolute Gasteiger partial charge is 0.220 e. The summed E-state index contributed by atoms with van der Waals surface area (Å²) in [5.41, 5.74) is 2.21. The first-order valence-corrected chi connectivity index (χ1v) is 9.57. The van der Waals surface area contributed by atoms with E-state index in [9.17, 15) is 4.79 Å². The molecule has 26 heavy (non-hydrogen) atoms. The molecule has 1 amide bonds. The van der Waals surface area contributed by atoms with Gasteiger partial charge in [-0.1, -0.05) is 48.5 Å². The number of ether oxygens (including phenoxy) is 1. The lowest BCUT2D eigenvalue weighted by Crippen LogP contribution is -2.30. The minimum absolute atomic E-state index is 0.128. The van der Waals surface area contributed by atoms with Crippen LogP contribution < -0.4 is 15.4 Å². The molecule has 0 aliphatic carbocycles. The van der Waals surface area contributed by atoms with Gasteiger partial charge in [0.2, 0.25) is 5.91 Å². The molecule has 0 bridgehead atoms. The summed E-state index contributed by atoms with van der Waals surface area (Å²) in [7, 11) is 0. The zero-order valence-corrected chi connectivity index (χ0v) is 15.2. The Labute approximate surface area is 156 Å². The highest BCUT2D eigenvalue weighted by atomic mass is 16.5. The normalized spacial score (nSPS) is 14.8. The van der Waals surface area contributed by atoms with Crippen molar-refractivity contribution in [2.45, 2.75) is 25.7 Å². The fourth-order valence-corrected chi connectivity index (χ4v) is 3.39. The summed E-state index contributed by atoms with van der Waals surface area (Å²) < 4.78 is 5.91. The lowest BCUT2D eigenvalue weighted by atomic mass is 9.93.